The van der Waals surface area contributed by atoms with E-state index in [1.165, 1.54) is 23.9 Å². The fourth-order valence-electron chi connectivity index (χ4n) is 1.79. The van der Waals surface area contributed by atoms with Gasteiger partial charge in [0.15, 0.2) is 0 Å². The lowest BCUT2D eigenvalue weighted by Gasteiger charge is -2.37. The molecule has 3 atom stereocenters. The van der Waals surface area contributed by atoms with Crippen molar-refractivity contribution in [3.8, 4) is 0 Å². The number of aliphatic hydroxyl groups is 2. The Balaban J connectivity index is 2.90. The summed E-state index contributed by atoms with van der Waals surface area (Å²) in [6.07, 6.45) is -0.117. The first-order chi connectivity index (χ1) is 10.4. The number of rotatable bonds is 9. The van der Waals surface area contributed by atoms with Gasteiger partial charge in [-0.2, -0.15) is 4.98 Å². The highest BCUT2D eigenvalue weighted by Crippen LogP contribution is 2.18. The van der Waals surface area contributed by atoms with Crippen molar-refractivity contribution in [1.29, 1.82) is 0 Å². The van der Waals surface area contributed by atoms with E-state index in [9.17, 15) is 15.0 Å². The van der Waals surface area contributed by atoms with Crippen LogP contribution in [0.4, 0.5) is 5.82 Å². The van der Waals surface area contributed by atoms with Crippen molar-refractivity contribution in [2.45, 2.75) is 31.7 Å². The fraction of sp³-hybridized carbons (Fsp3) is 0.667. The van der Waals surface area contributed by atoms with Gasteiger partial charge in [-0.15, -0.1) is 5.59 Å². The second-order valence-electron chi connectivity index (χ2n) is 4.96. The van der Waals surface area contributed by atoms with Gasteiger partial charge in [0.05, 0.1) is 25.9 Å². The molecule has 0 saturated heterocycles. The minimum atomic E-state index is -1.05. The number of anilines is 1. The maximum absolute atomic E-state index is 11.8. The van der Waals surface area contributed by atoms with E-state index in [0.717, 1.165) is 0 Å². The van der Waals surface area contributed by atoms with Gasteiger partial charge in [-0.1, -0.05) is 0 Å². The summed E-state index contributed by atoms with van der Waals surface area (Å²) in [7, 11) is 1.39. The van der Waals surface area contributed by atoms with E-state index in [1.54, 1.807) is 13.8 Å². The molecule has 0 aromatic carbocycles. The fourth-order valence-corrected chi connectivity index (χ4v) is 1.79. The van der Waals surface area contributed by atoms with Crippen LogP contribution in [0.3, 0.4) is 0 Å². The third-order valence-corrected chi connectivity index (χ3v) is 3.25. The standard InChI is InChI=1S/C12H23N5O5/c1-8(17-5-4-10(13)14-11(17)20)22-9(6-18)12(2,7-19)15-16-21-3/h4-5,8-9,15-16,18-19H,6-7H2,1-3H3,(H2,13,14,20)/t8?,9-,12?/m1/s1. The molecule has 1 heterocycles. The summed E-state index contributed by atoms with van der Waals surface area (Å²) in [5.74, 6) is 0.110. The SMILES string of the molecule is CONNC(C)(CO)[C@@H](CO)OC(C)n1ccc(N)nc1=O. The third kappa shape index (κ3) is 4.47. The Morgan fingerprint density at radius 2 is 2.23 bits per heavy atom. The lowest BCUT2D eigenvalue weighted by atomic mass is 9.97. The predicted octanol–water partition coefficient (Wildman–Crippen LogP) is -1.87. The number of nitrogen functional groups attached to an aromatic ring is 1. The van der Waals surface area contributed by atoms with Crippen molar-refractivity contribution in [1.82, 2.24) is 20.6 Å². The highest BCUT2D eigenvalue weighted by atomic mass is 16.7. The number of hydrazine groups is 1. The van der Waals surface area contributed by atoms with Crippen LogP contribution in [0.15, 0.2) is 17.1 Å². The zero-order valence-electron chi connectivity index (χ0n) is 12.8. The van der Waals surface area contributed by atoms with Crippen molar-refractivity contribution in [2.24, 2.45) is 0 Å². The number of nitrogens with two attached hydrogens (primary N) is 1. The van der Waals surface area contributed by atoms with Gasteiger partial charge in [-0.25, -0.2) is 10.2 Å². The highest BCUT2D eigenvalue weighted by molar-refractivity contribution is 5.23. The smallest absolute Gasteiger partial charge is 0.351 e. The van der Waals surface area contributed by atoms with E-state index in [4.69, 9.17) is 10.5 Å². The Bertz CT molecular complexity index is 525. The lowest BCUT2D eigenvalue weighted by Crippen LogP contribution is -2.61. The van der Waals surface area contributed by atoms with Crippen LogP contribution in [0.5, 0.6) is 0 Å². The number of ether oxygens (including phenoxy) is 1. The van der Waals surface area contributed by atoms with Gasteiger partial charge in [-0.05, 0) is 19.9 Å². The Morgan fingerprint density at radius 1 is 1.55 bits per heavy atom. The highest BCUT2D eigenvalue weighted by Gasteiger charge is 2.35. The normalized spacial score (nSPS) is 17.0. The van der Waals surface area contributed by atoms with Gasteiger partial charge in [0.2, 0.25) is 0 Å². The summed E-state index contributed by atoms with van der Waals surface area (Å²) >= 11 is 0. The second kappa shape index (κ2) is 8.17. The quantitative estimate of drug-likeness (QED) is 0.331. The first-order valence-corrected chi connectivity index (χ1v) is 6.65. The van der Waals surface area contributed by atoms with Gasteiger partial charge in [0.1, 0.15) is 18.1 Å². The lowest BCUT2D eigenvalue weighted by molar-refractivity contribution is -0.130. The minimum Gasteiger partial charge on any atom is -0.394 e. The van der Waals surface area contributed by atoms with E-state index >= 15 is 0 Å². The topological polar surface area (TPSA) is 144 Å². The van der Waals surface area contributed by atoms with Crippen LogP contribution in [0.2, 0.25) is 0 Å². The van der Waals surface area contributed by atoms with E-state index in [0.29, 0.717) is 0 Å². The Hall–Kier alpha value is -1.56. The van der Waals surface area contributed by atoms with E-state index < -0.39 is 30.2 Å². The summed E-state index contributed by atoms with van der Waals surface area (Å²) in [5.41, 5.74) is 8.89. The molecule has 2 unspecified atom stereocenters. The number of nitrogens with one attached hydrogen (secondary N) is 2. The van der Waals surface area contributed by atoms with Crippen molar-refractivity contribution >= 4 is 5.82 Å². The largest absolute Gasteiger partial charge is 0.394 e. The molecular weight excluding hydrogens is 294 g/mol. The Kier molecular flexibility index (Phi) is 6.87. The monoisotopic (exact) mass is 317 g/mol. The van der Waals surface area contributed by atoms with Gasteiger partial charge >= 0.3 is 5.69 Å². The van der Waals surface area contributed by atoms with Crippen molar-refractivity contribution in [3.63, 3.8) is 0 Å². The molecule has 126 valence electrons. The summed E-state index contributed by atoms with van der Waals surface area (Å²) < 4.78 is 6.90. The molecule has 0 fully saturated rings. The summed E-state index contributed by atoms with van der Waals surface area (Å²) in [5, 5.41) is 19.1. The van der Waals surface area contributed by atoms with Gasteiger partial charge in [0.25, 0.3) is 0 Å². The van der Waals surface area contributed by atoms with Gasteiger partial charge in [-0.3, -0.25) is 9.40 Å². The zero-order chi connectivity index (χ0) is 16.8. The molecule has 22 heavy (non-hydrogen) atoms. The predicted molar refractivity (Wildman–Crippen MR) is 78.4 cm³/mol. The first-order valence-electron chi connectivity index (χ1n) is 6.65. The molecule has 1 rings (SSSR count). The number of aliphatic hydroxyl groups excluding tert-OH is 2. The van der Waals surface area contributed by atoms with Crippen LogP contribution in [-0.2, 0) is 9.57 Å². The summed E-state index contributed by atoms with van der Waals surface area (Å²) in [6.45, 7) is 2.49. The number of hydrogen-bond donors (Lipinski definition) is 5. The molecule has 0 aliphatic rings. The third-order valence-electron chi connectivity index (χ3n) is 3.25. The summed E-state index contributed by atoms with van der Waals surface area (Å²) in [6, 6.07) is 1.46. The van der Waals surface area contributed by atoms with Crippen molar-refractivity contribution in [3.05, 3.63) is 22.7 Å². The molecule has 0 radical (unpaired) electrons. The molecule has 0 aliphatic carbocycles. The van der Waals surface area contributed by atoms with Crippen molar-refractivity contribution in [2.75, 3.05) is 26.1 Å². The van der Waals surface area contributed by atoms with E-state index in [2.05, 4.69) is 20.8 Å². The number of nitrogens with zero attached hydrogens (tertiary/aromatic N) is 2. The maximum atomic E-state index is 11.8. The molecule has 1 aromatic rings. The molecular formula is C12H23N5O5. The van der Waals surface area contributed by atoms with Crippen molar-refractivity contribution < 1.29 is 19.8 Å². The zero-order valence-corrected chi connectivity index (χ0v) is 12.8. The molecule has 0 saturated carbocycles. The molecule has 10 nitrogen and oxygen atoms in total. The van der Waals surface area contributed by atoms with E-state index in [-0.39, 0.29) is 12.4 Å². The minimum absolute atomic E-state index is 0.110. The van der Waals surface area contributed by atoms with Crippen LogP contribution >= 0.6 is 0 Å². The average Bonchev–Trinajstić information content (AvgIpc) is 2.49. The van der Waals surface area contributed by atoms with Crippen LogP contribution in [0.1, 0.15) is 20.1 Å². The average molecular weight is 317 g/mol. The van der Waals surface area contributed by atoms with Crippen LogP contribution in [0, 0.1) is 0 Å². The van der Waals surface area contributed by atoms with Crippen LogP contribution < -0.4 is 22.4 Å². The first kappa shape index (κ1) is 18.5. The Labute approximate surface area is 127 Å². The molecule has 0 aliphatic heterocycles. The molecule has 0 bridgehead atoms. The van der Waals surface area contributed by atoms with Crippen LogP contribution in [-0.4, -0.2) is 51.7 Å². The maximum Gasteiger partial charge on any atom is 0.351 e. The number of hydrogen-bond acceptors (Lipinski definition) is 9. The Morgan fingerprint density at radius 3 is 2.73 bits per heavy atom. The summed E-state index contributed by atoms with van der Waals surface area (Å²) in [4.78, 5) is 20.0. The molecule has 0 amide bonds. The molecule has 6 N–H and O–H groups in total. The van der Waals surface area contributed by atoms with Gasteiger partial charge < -0.3 is 20.7 Å². The molecule has 0 spiro atoms. The van der Waals surface area contributed by atoms with Crippen LogP contribution in [0.25, 0.3) is 0 Å². The second-order valence-corrected chi connectivity index (χ2v) is 4.96. The molecule has 1 aromatic heterocycles. The van der Waals surface area contributed by atoms with E-state index in [1.807, 2.05) is 0 Å². The number of aromatic nitrogens is 2. The van der Waals surface area contributed by atoms with Gasteiger partial charge in [0, 0.05) is 6.20 Å². The molecule has 10 heteroatoms.